The van der Waals surface area contributed by atoms with Gasteiger partial charge in [-0.2, -0.15) is 0 Å². The smallest absolute Gasteiger partial charge is 0.465 e. The summed E-state index contributed by atoms with van der Waals surface area (Å²) < 4.78 is 22.3. The predicted molar refractivity (Wildman–Crippen MR) is 75.9 cm³/mol. The molecule has 0 amide bonds. The molecule has 0 aromatic carbocycles. The Morgan fingerprint density at radius 2 is 1.47 bits per heavy atom. The fourth-order valence-electron chi connectivity index (χ4n) is 1.63. The lowest BCUT2D eigenvalue weighted by molar-refractivity contribution is -0.147. The molecule has 114 valence electrons. The van der Waals surface area contributed by atoms with E-state index in [0.717, 1.165) is 0 Å². The third kappa shape index (κ3) is 7.66. The van der Waals surface area contributed by atoms with Gasteiger partial charge in [0, 0.05) is 25.9 Å². The average Bonchev–Trinajstić information content (AvgIpc) is 2.35. The maximum Gasteiger partial charge on any atom is 0.501 e. The molecule has 0 aliphatic heterocycles. The fraction of sp³-hybridized carbons (Fsp3) is 0.923. The molecule has 0 atom stereocenters. The van der Waals surface area contributed by atoms with Crippen LogP contribution in [-0.4, -0.2) is 41.2 Å². The van der Waals surface area contributed by atoms with Gasteiger partial charge in [0.1, 0.15) is 0 Å². The van der Waals surface area contributed by atoms with Gasteiger partial charge in [-0.05, 0) is 27.2 Å². The SMILES string of the molecule is CCO[Si](CCCOC(=O)C(C)C)(OCC)OCC. The van der Waals surface area contributed by atoms with Crippen molar-refractivity contribution >= 4 is 14.8 Å². The second-order valence-corrected chi connectivity index (χ2v) is 7.14. The molecule has 0 aromatic rings. The Balaban J connectivity index is 4.20. The molecule has 0 aromatic heterocycles. The molecule has 0 unspecified atom stereocenters. The topological polar surface area (TPSA) is 54.0 Å². The lowest BCUT2D eigenvalue weighted by Gasteiger charge is -2.28. The summed E-state index contributed by atoms with van der Waals surface area (Å²) in [6.07, 6.45) is 0.699. The van der Waals surface area contributed by atoms with Crippen LogP contribution in [0.2, 0.25) is 6.04 Å². The van der Waals surface area contributed by atoms with Gasteiger partial charge in [0.25, 0.3) is 0 Å². The number of rotatable bonds is 11. The van der Waals surface area contributed by atoms with E-state index in [-0.39, 0.29) is 11.9 Å². The molecule has 19 heavy (non-hydrogen) atoms. The summed E-state index contributed by atoms with van der Waals surface area (Å²) in [4.78, 5) is 11.3. The molecule has 0 aliphatic rings. The molecule has 0 radical (unpaired) electrons. The van der Waals surface area contributed by atoms with Gasteiger partial charge in [0.2, 0.25) is 0 Å². The maximum atomic E-state index is 11.3. The second kappa shape index (κ2) is 10.4. The Morgan fingerprint density at radius 1 is 1.00 bits per heavy atom. The van der Waals surface area contributed by atoms with Gasteiger partial charge in [-0.15, -0.1) is 0 Å². The lowest BCUT2D eigenvalue weighted by Crippen LogP contribution is -2.46. The van der Waals surface area contributed by atoms with Gasteiger partial charge in [-0.3, -0.25) is 4.79 Å². The van der Waals surface area contributed by atoms with Crippen molar-refractivity contribution in [3.63, 3.8) is 0 Å². The second-order valence-electron chi connectivity index (χ2n) is 4.41. The van der Waals surface area contributed by atoms with Crippen LogP contribution in [0.3, 0.4) is 0 Å². The first kappa shape index (κ1) is 18.6. The fourth-order valence-corrected chi connectivity index (χ4v) is 4.21. The van der Waals surface area contributed by atoms with Crippen molar-refractivity contribution in [1.82, 2.24) is 0 Å². The van der Waals surface area contributed by atoms with Crippen LogP contribution in [0.1, 0.15) is 41.0 Å². The first-order chi connectivity index (χ1) is 9.01. The van der Waals surface area contributed by atoms with E-state index < -0.39 is 8.80 Å². The maximum absolute atomic E-state index is 11.3. The van der Waals surface area contributed by atoms with Gasteiger partial charge in [0.05, 0.1) is 12.5 Å². The molecule has 0 rings (SSSR count). The summed E-state index contributed by atoms with van der Waals surface area (Å²) in [5.41, 5.74) is 0. The number of carbonyl (C=O) groups excluding carboxylic acids is 1. The van der Waals surface area contributed by atoms with Gasteiger partial charge in [0.15, 0.2) is 0 Å². The zero-order valence-corrected chi connectivity index (χ0v) is 13.9. The van der Waals surface area contributed by atoms with Crippen molar-refractivity contribution in [3.05, 3.63) is 0 Å². The number of ether oxygens (including phenoxy) is 1. The van der Waals surface area contributed by atoms with Crippen LogP contribution in [0, 0.1) is 5.92 Å². The molecule has 0 saturated heterocycles. The molecule has 0 saturated carbocycles. The highest BCUT2D eigenvalue weighted by molar-refractivity contribution is 6.60. The highest BCUT2D eigenvalue weighted by Crippen LogP contribution is 2.18. The molecule has 6 heteroatoms. The van der Waals surface area contributed by atoms with E-state index in [1.165, 1.54) is 0 Å². The molecule has 0 bridgehead atoms. The zero-order valence-electron chi connectivity index (χ0n) is 12.9. The van der Waals surface area contributed by atoms with Crippen LogP contribution in [0.4, 0.5) is 0 Å². The molecule has 0 fully saturated rings. The Morgan fingerprint density at radius 3 is 1.84 bits per heavy atom. The molecule has 0 aliphatic carbocycles. The third-order valence-electron chi connectivity index (χ3n) is 2.44. The van der Waals surface area contributed by atoms with E-state index in [0.29, 0.717) is 38.9 Å². The minimum absolute atomic E-state index is 0.0901. The first-order valence-corrected chi connectivity index (χ1v) is 9.03. The normalized spacial score (nSPS) is 11.9. The van der Waals surface area contributed by atoms with Crippen molar-refractivity contribution < 1.29 is 22.8 Å². The summed E-state index contributed by atoms with van der Waals surface area (Å²) in [5.74, 6) is -0.260. The van der Waals surface area contributed by atoms with Crippen LogP contribution in [0.25, 0.3) is 0 Å². The summed E-state index contributed by atoms with van der Waals surface area (Å²) in [6.45, 7) is 11.5. The Hall–Kier alpha value is -0.433. The predicted octanol–water partition coefficient (Wildman–Crippen LogP) is 2.62. The number of hydrogen-bond donors (Lipinski definition) is 0. The monoisotopic (exact) mass is 292 g/mol. The Labute approximate surface area is 117 Å². The molecule has 0 N–H and O–H groups in total. The van der Waals surface area contributed by atoms with Crippen LogP contribution >= 0.6 is 0 Å². The van der Waals surface area contributed by atoms with Gasteiger partial charge in [-0.25, -0.2) is 0 Å². The van der Waals surface area contributed by atoms with E-state index >= 15 is 0 Å². The quantitative estimate of drug-likeness (QED) is 0.333. The van der Waals surface area contributed by atoms with E-state index in [1.54, 1.807) is 0 Å². The van der Waals surface area contributed by atoms with E-state index in [9.17, 15) is 4.79 Å². The van der Waals surface area contributed by atoms with Gasteiger partial charge < -0.3 is 18.0 Å². The standard InChI is InChI=1S/C13H28O5Si/c1-6-16-19(17-7-2,18-8-3)11-9-10-15-13(14)12(4)5/h12H,6-11H2,1-5H3. The van der Waals surface area contributed by atoms with Crippen LogP contribution in [-0.2, 0) is 22.8 Å². The van der Waals surface area contributed by atoms with Gasteiger partial charge >= 0.3 is 14.8 Å². The average molecular weight is 292 g/mol. The summed E-state index contributed by atoms with van der Waals surface area (Å²) in [5, 5.41) is 0. The van der Waals surface area contributed by atoms with Crippen LogP contribution in [0.5, 0.6) is 0 Å². The summed E-state index contributed by atoms with van der Waals surface area (Å²) in [6, 6.07) is 0.674. The van der Waals surface area contributed by atoms with E-state index in [4.69, 9.17) is 18.0 Å². The van der Waals surface area contributed by atoms with Crippen LogP contribution in [0.15, 0.2) is 0 Å². The van der Waals surface area contributed by atoms with Gasteiger partial charge in [-0.1, -0.05) is 13.8 Å². The first-order valence-electron chi connectivity index (χ1n) is 7.09. The minimum atomic E-state index is -2.59. The number of esters is 1. The minimum Gasteiger partial charge on any atom is -0.465 e. The highest BCUT2D eigenvalue weighted by atomic mass is 28.4. The highest BCUT2D eigenvalue weighted by Gasteiger charge is 2.39. The van der Waals surface area contributed by atoms with Crippen molar-refractivity contribution in [2.45, 2.75) is 47.1 Å². The molecule has 0 spiro atoms. The molecular formula is C13H28O5Si. The van der Waals surface area contributed by atoms with Crippen molar-refractivity contribution in [3.8, 4) is 0 Å². The molecule has 5 nitrogen and oxygen atoms in total. The van der Waals surface area contributed by atoms with Crippen molar-refractivity contribution in [2.75, 3.05) is 26.4 Å². The van der Waals surface area contributed by atoms with Crippen LogP contribution < -0.4 is 0 Å². The van der Waals surface area contributed by atoms with E-state index in [2.05, 4.69) is 0 Å². The Kier molecular flexibility index (Phi) is 10.1. The summed E-state index contributed by atoms with van der Waals surface area (Å²) >= 11 is 0. The molecular weight excluding hydrogens is 264 g/mol. The number of carbonyl (C=O) groups is 1. The van der Waals surface area contributed by atoms with Crippen molar-refractivity contribution in [1.29, 1.82) is 0 Å². The van der Waals surface area contributed by atoms with E-state index in [1.807, 2.05) is 34.6 Å². The zero-order chi connectivity index (χ0) is 14.7. The largest absolute Gasteiger partial charge is 0.501 e. The summed E-state index contributed by atoms with van der Waals surface area (Å²) in [7, 11) is -2.59. The lowest BCUT2D eigenvalue weighted by atomic mass is 10.2. The third-order valence-corrected chi connectivity index (χ3v) is 5.59. The number of hydrogen-bond acceptors (Lipinski definition) is 5. The van der Waals surface area contributed by atoms with Crippen molar-refractivity contribution in [2.24, 2.45) is 5.92 Å². The Bertz CT molecular complexity index is 228. The molecule has 0 heterocycles.